The number of hydrogen-bond donors (Lipinski definition) is 2. The van der Waals surface area contributed by atoms with Crippen LogP contribution in [-0.4, -0.2) is 65.8 Å². The van der Waals surface area contributed by atoms with Crippen molar-refractivity contribution in [3.8, 4) is 17.1 Å². The summed E-state index contributed by atoms with van der Waals surface area (Å²) in [5, 5.41) is 9.76. The minimum atomic E-state index is -0.385. The fourth-order valence-electron chi connectivity index (χ4n) is 3.72. The molecule has 2 heterocycles. The highest BCUT2D eigenvalue weighted by Gasteiger charge is 2.19. The number of methoxy groups -OCH3 is 1. The summed E-state index contributed by atoms with van der Waals surface area (Å²) in [4.78, 5) is 21.3. The van der Waals surface area contributed by atoms with E-state index in [1.165, 1.54) is 6.07 Å². The number of nitrogens with one attached hydrogen (secondary N) is 2. The van der Waals surface area contributed by atoms with Crippen molar-refractivity contribution in [2.75, 3.05) is 44.7 Å². The molecule has 2 aromatic carbocycles. The number of hydrogen-bond acceptors (Lipinski definition) is 6. The quantitative estimate of drug-likeness (QED) is 0.590. The lowest BCUT2D eigenvalue weighted by atomic mass is 10.1. The molecule has 0 aliphatic carbocycles. The van der Waals surface area contributed by atoms with Gasteiger partial charge in [0.25, 0.3) is 5.91 Å². The average molecular weight is 439 g/mol. The molecule has 3 aromatic rings. The summed E-state index contributed by atoms with van der Waals surface area (Å²) < 4.78 is 19.9. The summed E-state index contributed by atoms with van der Waals surface area (Å²) in [5.74, 6) is 1.03. The number of amides is 1. The van der Waals surface area contributed by atoms with E-state index in [0.717, 1.165) is 44.0 Å². The van der Waals surface area contributed by atoms with Crippen molar-refractivity contribution in [3.63, 3.8) is 0 Å². The zero-order chi connectivity index (χ0) is 22.5. The second-order valence-electron chi connectivity index (χ2n) is 7.60. The lowest BCUT2D eigenvalue weighted by molar-refractivity contribution is 0.0949. The van der Waals surface area contributed by atoms with Gasteiger partial charge in [0.2, 0.25) is 0 Å². The highest BCUT2D eigenvalue weighted by atomic mass is 19.1. The SMILES string of the molecule is CCN1CCN(c2ccc(C(=O)NCc3nc(-c4ccc(OC)cc4)n[nH]3)cc2F)CC1. The molecule has 168 valence electrons. The molecule has 1 amide bonds. The number of aromatic nitrogens is 3. The van der Waals surface area contributed by atoms with Gasteiger partial charge in [-0.05, 0) is 49.0 Å². The van der Waals surface area contributed by atoms with Crippen LogP contribution in [0.3, 0.4) is 0 Å². The molecule has 1 aromatic heterocycles. The summed E-state index contributed by atoms with van der Waals surface area (Å²) in [6, 6.07) is 12.0. The van der Waals surface area contributed by atoms with E-state index in [9.17, 15) is 9.18 Å². The second-order valence-corrected chi connectivity index (χ2v) is 7.60. The normalized spacial score (nSPS) is 14.4. The van der Waals surface area contributed by atoms with Crippen LogP contribution in [0.15, 0.2) is 42.5 Å². The molecule has 0 radical (unpaired) electrons. The molecule has 2 N–H and O–H groups in total. The van der Waals surface area contributed by atoms with Crippen LogP contribution in [0.25, 0.3) is 11.4 Å². The molecule has 0 atom stereocenters. The number of anilines is 1. The van der Waals surface area contributed by atoms with Crippen LogP contribution in [0.2, 0.25) is 0 Å². The zero-order valence-electron chi connectivity index (χ0n) is 18.3. The smallest absolute Gasteiger partial charge is 0.251 e. The Kier molecular flexibility index (Phi) is 6.65. The maximum absolute atomic E-state index is 14.7. The van der Waals surface area contributed by atoms with Crippen molar-refractivity contribution < 1.29 is 13.9 Å². The molecule has 32 heavy (non-hydrogen) atoms. The van der Waals surface area contributed by atoms with Crippen molar-refractivity contribution in [1.29, 1.82) is 0 Å². The van der Waals surface area contributed by atoms with Gasteiger partial charge in [-0.1, -0.05) is 6.92 Å². The summed E-state index contributed by atoms with van der Waals surface area (Å²) >= 11 is 0. The molecule has 9 heteroatoms. The number of benzene rings is 2. The van der Waals surface area contributed by atoms with E-state index in [4.69, 9.17) is 4.74 Å². The monoisotopic (exact) mass is 438 g/mol. The van der Waals surface area contributed by atoms with Gasteiger partial charge < -0.3 is 19.9 Å². The first kappa shape index (κ1) is 21.8. The highest BCUT2D eigenvalue weighted by molar-refractivity contribution is 5.94. The molecular weight excluding hydrogens is 411 g/mol. The third-order valence-electron chi connectivity index (χ3n) is 5.67. The number of piperazine rings is 1. The van der Waals surface area contributed by atoms with Crippen LogP contribution >= 0.6 is 0 Å². The highest BCUT2D eigenvalue weighted by Crippen LogP contribution is 2.22. The standard InChI is InChI=1S/C23H27FN6O2/c1-3-29-10-12-30(13-11-29)20-9-6-17(14-19(20)24)23(31)25-15-21-26-22(28-27-21)16-4-7-18(32-2)8-5-16/h4-9,14H,3,10-13,15H2,1-2H3,(H,25,31)(H,26,27,28). The third-order valence-corrected chi connectivity index (χ3v) is 5.67. The number of H-pyrrole nitrogens is 1. The van der Waals surface area contributed by atoms with Gasteiger partial charge in [0.05, 0.1) is 19.3 Å². The summed E-state index contributed by atoms with van der Waals surface area (Å²) in [6.45, 7) is 6.66. The average Bonchev–Trinajstić information content (AvgIpc) is 3.32. The molecule has 1 saturated heterocycles. The van der Waals surface area contributed by atoms with E-state index >= 15 is 0 Å². The van der Waals surface area contributed by atoms with Gasteiger partial charge in [-0.2, -0.15) is 5.10 Å². The number of rotatable bonds is 7. The number of likely N-dealkylation sites (N-methyl/N-ethyl adjacent to an activating group) is 1. The van der Waals surface area contributed by atoms with Gasteiger partial charge in [-0.25, -0.2) is 9.37 Å². The van der Waals surface area contributed by atoms with Crippen molar-refractivity contribution >= 4 is 11.6 Å². The minimum Gasteiger partial charge on any atom is -0.497 e. The van der Waals surface area contributed by atoms with E-state index in [1.807, 2.05) is 29.2 Å². The predicted molar refractivity (Wildman–Crippen MR) is 120 cm³/mol. The maximum Gasteiger partial charge on any atom is 0.251 e. The Balaban J connectivity index is 1.35. The summed E-state index contributed by atoms with van der Waals surface area (Å²) in [5.41, 5.74) is 1.64. The van der Waals surface area contributed by atoms with Crippen molar-refractivity contribution in [2.45, 2.75) is 13.5 Å². The Hall–Kier alpha value is -3.46. The van der Waals surface area contributed by atoms with Crippen LogP contribution in [0, 0.1) is 5.82 Å². The first-order chi connectivity index (χ1) is 15.6. The summed E-state index contributed by atoms with van der Waals surface area (Å²) in [7, 11) is 1.61. The molecule has 1 aliphatic rings. The molecule has 0 saturated carbocycles. The molecule has 4 rings (SSSR count). The zero-order valence-corrected chi connectivity index (χ0v) is 18.3. The van der Waals surface area contributed by atoms with E-state index in [2.05, 4.69) is 32.3 Å². The van der Waals surface area contributed by atoms with Crippen molar-refractivity contribution in [3.05, 3.63) is 59.7 Å². The predicted octanol–water partition coefficient (Wildman–Crippen LogP) is 2.69. The van der Waals surface area contributed by atoms with Gasteiger partial charge in [-0.3, -0.25) is 9.89 Å². The first-order valence-corrected chi connectivity index (χ1v) is 10.7. The fraction of sp³-hybridized carbons (Fsp3) is 0.348. The number of aromatic amines is 1. The number of halogens is 1. The van der Waals surface area contributed by atoms with Crippen LogP contribution in [0.1, 0.15) is 23.1 Å². The molecular formula is C23H27FN6O2. The maximum atomic E-state index is 14.7. The number of carbonyl (C=O) groups is 1. The van der Waals surface area contributed by atoms with E-state index in [-0.39, 0.29) is 23.8 Å². The van der Waals surface area contributed by atoms with Gasteiger partial charge in [0, 0.05) is 37.3 Å². The number of carbonyl (C=O) groups excluding carboxylic acids is 1. The van der Waals surface area contributed by atoms with E-state index < -0.39 is 0 Å². The number of nitrogens with zero attached hydrogens (tertiary/aromatic N) is 4. The Morgan fingerprint density at radius 1 is 1.16 bits per heavy atom. The minimum absolute atomic E-state index is 0.157. The Labute approximate surface area is 186 Å². The van der Waals surface area contributed by atoms with Gasteiger partial charge in [-0.15, -0.1) is 0 Å². The van der Waals surface area contributed by atoms with E-state index in [1.54, 1.807) is 19.2 Å². The van der Waals surface area contributed by atoms with Crippen LogP contribution in [-0.2, 0) is 6.54 Å². The van der Waals surface area contributed by atoms with Gasteiger partial charge >= 0.3 is 0 Å². The Morgan fingerprint density at radius 2 is 1.91 bits per heavy atom. The Morgan fingerprint density at radius 3 is 2.56 bits per heavy atom. The van der Waals surface area contributed by atoms with Gasteiger partial charge in [0.15, 0.2) is 5.82 Å². The molecule has 1 aliphatic heterocycles. The lowest BCUT2D eigenvalue weighted by Gasteiger charge is -2.35. The molecule has 8 nitrogen and oxygen atoms in total. The van der Waals surface area contributed by atoms with Crippen LogP contribution in [0.5, 0.6) is 5.75 Å². The lowest BCUT2D eigenvalue weighted by Crippen LogP contribution is -2.46. The molecule has 0 bridgehead atoms. The van der Waals surface area contributed by atoms with E-state index in [0.29, 0.717) is 17.3 Å². The number of ether oxygens (including phenoxy) is 1. The molecule has 1 fully saturated rings. The topological polar surface area (TPSA) is 86.4 Å². The van der Waals surface area contributed by atoms with Crippen molar-refractivity contribution in [2.24, 2.45) is 0 Å². The van der Waals surface area contributed by atoms with Gasteiger partial charge in [0.1, 0.15) is 17.4 Å². The van der Waals surface area contributed by atoms with Crippen LogP contribution in [0.4, 0.5) is 10.1 Å². The summed E-state index contributed by atoms with van der Waals surface area (Å²) in [6.07, 6.45) is 0. The van der Waals surface area contributed by atoms with Crippen LogP contribution < -0.4 is 15.0 Å². The molecule has 0 unspecified atom stereocenters. The fourth-order valence-corrected chi connectivity index (χ4v) is 3.72. The second kappa shape index (κ2) is 9.78. The largest absolute Gasteiger partial charge is 0.497 e. The molecule has 0 spiro atoms. The first-order valence-electron chi connectivity index (χ1n) is 10.7. The van der Waals surface area contributed by atoms with Crippen molar-refractivity contribution in [1.82, 2.24) is 25.4 Å². The third kappa shape index (κ3) is 4.88. The Bertz CT molecular complexity index is 1060.